The number of rotatable bonds is 0. The van der Waals surface area contributed by atoms with E-state index in [1.54, 1.807) is 0 Å². The van der Waals surface area contributed by atoms with Crippen LogP contribution in [-0.2, 0) is 14.3 Å². The van der Waals surface area contributed by atoms with Gasteiger partial charge in [0.25, 0.3) is 0 Å². The van der Waals surface area contributed by atoms with Gasteiger partial charge in [0.05, 0.1) is 79.0 Å². The van der Waals surface area contributed by atoms with Crippen LogP contribution in [-0.4, -0.2) is 230 Å². The van der Waals surface area contributed by atoms with Crippen molar-refractivity contribution < 1.29 is 65.3 Å². The third-order valence-electron chi connectivity index (χ3n) is 16.2. The van der Waals surface area contributed by atoms with Crippen molar-refractivity contribution in [1.82, 2.24) is 19.6 Å². The molecule has 12 aliphatic rings. The molecule has 0 bridgehead atoms. The van der Waals surface area contributed by atoms with E-state index in [1.165, 1.54) is 0 Å². The Morgan fingerprint density at radius 2 is 1.20 bits per heavy atom. The Labute approximate surface area is 345 Å². The number of carbonyl (C=O) groups is 1. The Morgan fingerprint density at radius 3 is 1.85 bits per heavy atom. The first-order valence-electron chi connectivity index (χ1n) is 22.2. The van der Waals surface area contributed by atoms with E-state index < -0.39 is 72.2 Å². The Morgan fingerprint density at radius 1 is 0.576 bits per heavy atom. The number of epoxide rings is 1. The molecule has 12 rings (SSSR count). The van der Waals surface area contributed by atoms with Crippen molar-refractivity contribution in [3.63, 3.8) is 0 Å². The third-order valence-corrected chi connectivity index (χ3v) is 16.2. The lowest BCUT2D eigenvalue weighted by atomic mass is 9.88. The Hall–Kier alpha value is -1.65. The summed E-state index contributed by atoms with van der Waals surface area (Å²) in [5.41, 5.74) is -1.21. The standard InChI is InChI=1S/C12H17NO3.C11H17NO4.C10H17NO3.C9H15NO3/c14-8-4-3-7-13-9(8)10(15)11(16)12(13)5-1-2-6-12;13-7-2-1-5-12-6-11(10(15)9(7)12)4-3-8(14)16-11;12-6-1-2-10(3-4-10)11-5-7(13)9(14)8(6)11;11-6-4-10-3-1-2-9(5-13-9)8(10)7(6)12/h1-2,5-6,8-11,14-16H,3-4,7H2;7,9-10,13,15H,1-6H2;6-9,12-14H,1-5H2;6-8,11-12H,1-5H2/t8-,9-,10+,11+;7-,9-,10+,11?;6-,7-,8-,9-;6-,7-,8+,9+/m1111/s1. The molecule has 0 aromatic carbocycles. The van der Waals surface area contributed by atoms with Crippen molar-refractivity contribution in [2.24, 2.45) is 0 Å². The molecule has 1 unspecified atom stereocenters. The second-order valence-electron chi connectivity index (χ2n) is 19.6. The van der Waals surface area contributed by atoms with E-state index in [9.17, 15) is 55.9 Å². The first-order valence-corrected chi connectivity index (χ1v) is 22.2. The van der Waals surface area contributed by atoms with Crippen molar-refractivity contribution in [1.29, 1.82) is 0 Å². The highest BCUT2D eigenvalue weighted by Gasteiger charge is 2.63. The van der Waals surface area contributed by atoms with Crippen molar-refractivity contribution in [3.05, 3.63) is 24.3 Å². The highest BCUT2D eigenvalue weighted by Crippen LogP contribution is 2.53. The molecule has 2 aliphatic carbocycles. The number of piperidine rings is 4. The van der Waals surface area contributed by atoms with Gasteiger partial charge in [-0.3, -0.25) is 24.4 Å². The molecule has 11 fully saturated rings. The fourth-order valence-electron chi connectivity index (χ4n) is 12.8. The summed E-state index contributed by atoms with van der Waals surface area (Å²) in [6.07, 6.45) is 11.5. The average Bonchev–Trinajstić information content (AvgIpc) is 3.81. The van der Waals surface area contributed by atoms with Gasteiger partial charge >= 0.3 is 5.97 Å². The average molecular weight is 835 g/mol. The van der Waals surface area contributed by atoms with Gasteiger partial charge in [0, 0.05) is 38.0 Å². The van der Waals surface area contributed by atoms with E-state index in [0.29, 0.717) is 38.9 Å². The van der Waals surface area contributed by atoms with Crippen LogP contribution in [0, 0.1) is 0 Å². The van der Waals surface area contributed by atoms with Gasteiger partial charge in [-0.15, -0.1) is 0 Å². The summed E-state index contributed by atoms with van der Waals surface area (Å²) in [5.74, 6) is -0.228. The zero-order valence-electron chi connectivity index (χ0n) is 33.8. The summed E-state index contributed by atoms with van der Waals surface area (Å²) < 4.78 is 10.8. The van der Waals surface area contributed by atoms with Crippen LogP contribution in [0.4, 0.5) is 0 Å². The fourth-order valence-corrected chi connectivity index (χ4v) is 12.8. The van der Waals surface area contributed by atoms with E-state index in [1.807, 2.05) is 29.2 Å². The van der Waals surface area contributed by atoms with Gasteiger partial charge in [0.15, 0.2) is 5.60 Å². The number of fused-ring (bicyclic) bond motifs is 7. The van der Waals surface area contributed by atoms with Gasteiger partial charge < -0.3 is 60.5 Å². The number of ether oxygens (including phenoxy) is 2. The minimum absolute atomic E-state index is 0.0521. The second kappa shape index (κ2) is 15.9. The molecule has 10 saturated heterocycles. The molecule has 332 valence electrons. The van der Waals surface area contributed by atoms with Crippen LogP contribution in [0.2, 0.25) is 0 Å². The molecule has 10 aliphatic heterocycles. The number of carbonyl (C=O) groups excluding carboxylic acids is 1. The highest BCUT2D eigenvalue weighted by molar-refractivity contribution is 5.72. The predicted octanol–water partition coefficient (Wildman–Crippen LogP) is -3.29. The molecular weight excluding hydrogens is 768 g/mol. The van der Waals surface area contributed by atoms with Crippen LogP contribution >= 0.6 is 0 Å². The maximum atomic E-state index is 11.2. The maximum Gasteiger partial charge on any atom is 0.306 e. The SMILES string of the molecule is O=C1CCC2(CN3CCC[C@@H](O)[C@@H]3[C@@H]2O)O1.O[C@@H]1[C@H](O)CN2CCC[C@]3(CO3)[C@H]12.O[C@H]1[C@H]2[C@H](O)CCC3(CC3)N2C[C@H]1O.O[C@H]1[C@H]2[C@H](O)CCCN2C2(C=CC=C2)[C@H]1O. The summed E-state index contributed by atoms with van der Waals surface area (Å²) in [4.78, 5) is 19.6. The van der Waals surface area contributed by atoms with Crippen LogP contribution in [0.15, 0.2) is 24.3 Å². The Balaban J connectivity index is 0.000000102. The van der Waals surface area contributed by atoms with Crippen molar-refractivity contribution >= 4 is 5.97 Å². The van der Waals surface area contributed by atoms with E-state index in [2.05, 4.69) is 14.7 Å². The highest BCUT2D eigenvalue weighted by atomic mass is 16.6. The van der Waals surface area contributed by atoms with E-state index >= 15 is 0 Å². The molecule has 10 heterocycles. The fraction of sp³-hybridized carbons (Fsp3) is 0.881. The lowest BCUT2D eigenvalue weighted by Gasteiger charge is -2.41. The van der Waals surface area contributed by atoms with Gasteiger partial charge in [-0.05, 0) is 83.8 Å². The number of nitrogens with zero attached hydrogens (tertiary/aromatic N) is 4. The molecular formula is C42H66N4O13. The lowest BCUT2D eigenvalue weighted by molar-refractivity contribution is -0.155. The maximum absolute atomic E-state index is 11.2. The number of aliphatic hydroxyl groups excluding tert-OH is 10. The summed E-state index contributed by atoms with van der Waals surface area (Å²) in [5, 5.41) is 98.9. The summed E-state index contributed by atoms with van der Waals surface area (Å²) in [6, 6.07) is -0.756. The van der Waals surface area contributed by atoms with Crippen LogP contribution in [0.5, 0.6) is 0 Å². The van der Waals surface area contributed by atoms with E-state index in [4.69, 9.17) is 9.47 Å². The van der Waals surface area contributed by atoms with Crippen LogP contribution in [0.25, 0.3) is 0 Å². The molecule has 4 spiro atoms. The van der Waals surface area contributed by atoms with Crippen LogP contribution in [0.3, 0.4) is 0 Å². The summed E-state index contributed by atoms with van der Waals surface area (Å²) in [7, 11) is 0. The molecule has 17 heteroatoms. The number of hydrogen-bond acceptors (Lipinski definition) is 17. The largest absolute Gasteiger partial charge is 0.455 e. The van der Waals surface area contributed by atoms with E-state index in [0.717, 1.165) is 84.0 Å². The monoisotopic (exact) mass is 834 g/mol. The first kappa shape index (κ1) is 42.6. The number of hydrogen-bond donors (Lipinski definition) is 10. The zero-order valence-corrected chi connectivity index (χ0v) is 33.8. The quantitative estimate of drug-likeness (QED) is 0.0848. The molecule has 0 amide bonds. The third kappa shape index (κ3) is 7.17. The number of β-amino-alcohol motifs (C(OH)–C–C–N with tert-alkyl or cyclic N) is 1. The number of allylic oxidation sites excluding steroid dienone is 2. The molecule has 0 aromatic heterocycles. The molecule has 0 aromatic rings. The smallest absolute Gasteiger partial charge is 0.306 e. The molecule has 10 N–H and O–H groups in total. The van der Waals surface area contributed by atoms with Crippen LogP contribution in [0.1, 0.15) is 77.0 Å². The first-order chi connectivity index (χ1) is 28.2. The van der Waals surface area contributed by atoms with Crippen molar-refractivity contribution in [2.45, 2.75) is 185 Å². The molecule has 0 radical (unpaired) electrons. The lowest BCUT2D eigenvalue weighted by Crippen LogP contribution is -2.54. The molecule has 17 nitrogen and oxygen atoms in total. The Kier molecular flexibility index (Phi) is 11.5. The zero-order chi connectivity index (χ0) is 41.6. The normalized spacial score (nSPS) is 49.7. The topological polar surface area (TPSA) is 254 Å². The second-order valence-corrected chi connectivity index (χ2v) is 19.6. The summed E-state index contributed by atoms with van der Waals surface area (Å²) >= 11 is 0. The minimum Gasteiger partial charge on any atom is -0.455 e. The Bertz CT molecular complexity index is 1600. The van der Waals surface area contributed by atoms with Crippen LogP contribution < -0.4 is 0 Å². The molecule has 16 atom stereocenters. The molecule has 1 saturated carbocycles. The van der Waals surface area contributed by atoms with Crippen molar-refractivity contribution in [2.75, 3.05) is 45.9 Å². The minimum atomic E-state index is -0.873. The van der Waals surface area contributed by atoms with Gasteiger partial charge in [-0.2, -0.15) is 0 Å². The van der Waals surface area contributed by atoms with Gasteiger partial charge in [-0.25, -0.2) is 0 Å². The number of aliphatic hydroxyl groups is 10. The van der Waals surface area contributed by atoms with E-state index in [-0.39, 0.29) is 41.3 Å². The summed E-state index contributed by atoms with van der Waals surface area (Å²) in [6.45, 7) is 5.14. The predicted molar refractivity (Wildman–Crippen MR) is 208 cm³/mol. The van der Waals surface area contributed by atoms with Gasteiger partial charge in [0.2, 0.25) is 0 Å². The molecule has 59 heavy (non-hydrogen) atoms. The van der Waals surface area contributed by atoms with Gasteiger partial charge in [0.1, 0.15) is 23.9 Å². The van der Waals surface area contributed by atoms with Crippen molar-refractivity contribution in [3.8, 4) is 0 Å². The van der Waals surface area contributed by atoms with Gasteiger partial charge in [-0.1, -0.05) is 24.3 Å². The number of esters is 1.